The zero-order valence-electron chi connectivity index (χ0n) is 32.3. The highest BCUT2D eigenvalue weighted by molar-refractivity contribution is 6.75. The van der Waals surface area contributed by atoms with E-state index in [2.05, 4.69) is 118 Å². The van der Waals surface area contributed by atoms with E-state index in [0.717, 1.165) is 36.3 Å². The van der Waals surface area contributed by atoms with Gasteiger partial charge in [0.15, 0.2) is 0 Å². The van der Waals surface area contributed by atoms with E-state index in [1.807, 2.05) is 30.3 Å². The van der Waals surface area contributed by atoms with E-state index >= 15 is 0 Å². The lowest BCUT2D eigenvalue weighted by molar-refractivity contribution is -0.136. The molecule has 0 aliphatic carbocycles. The van der Waals surface area contributed by atoms with E-state index in [-0.39, 0.29) is 16.0 Å². The Bertz CT molecular complexity index is 1410. The molecule has 0 saturated heterocycles. The van der Waals surface area contributed by atoms with Gasteiger partial charge >= 0.3 is 5.97 Å². The Morgan fingerprint density at radius 2 is 1.33 bits per heavy atom. The fourth-order valence-corrected chi connectivity index (χ4v) is 6.57. The SMILES string of the molecule is COC(=O)C(=CCc1cc(O[Si](C)(C)C(C)(C)C)ccc1O[Si](C)(C)C(C)(C)C)CC/C=C(\C)CC/C=C(\C)COCc1ccccc1. The lowest BCUT2D eigenvalue weighted by Crippen LogP contribution is -2.44. The largest absolute Gasteiger partial charge is 0.543 e. The number of ether oxygens (including phenoxy) is 2. The Morgan fingerprint density at radius 3 is 1.94 bits per heavy atom. The predicted molar refractivity (Wildman–Crippen MR) is 208 cm³/mol. The molecule has 0 fully saturated rings. The lowest BCUT2D eigenvalue weighted by atomic mass is 10.0. The summed E-state index contributed by atoms with van der Waals surface area (Å²) in [5.41, 5.74) is 5.45. The van der Waals surface area contributed by atoms with Crippen LogP contribution in [0.15, 0.2) is 83.5 Å². The van der Waals surface area contributed by atoms with E-state index < -0.39 is 16.6 Å². The number of benzene rings is 2. The number of esters is 1. The van der Waals surface area contributed by atoms with Crippen molar-refractivity contribution in [2.45, 2.75) is 130 Å². The van der Waals surface area contributed by atoms with Gasteiger partial charge in [-0.3, -0.25) is 0 Å². The summed E-state index contributed by atoms with van der Waals surface area (Å²) in [6, 6.07) is 16.5. The van der Waals surface area contributed by atoms with E-state index in [0.29, 0.717) is 31.6 Å². The van der Waals surface area contributed by atoms with Crippen LogP contribution < -0.4 is 8.85 Å². The first-order chi connectivity index (χ1) is 22.3. The van der Waals surface area contributed by atoms with E-state index in [1.165, 1.54) is 23.8 Å². The molecular weight excluding hydrogens is 629 g/mol. The fraction of sp³-hybridized carbons (Fsp3) is 0.537. The van der Waals surface area contributed by atoms with Crippen LogP contribution in [0.1, 0.15) is 92.2 Å². The van der Waals surface area contributed by atoms with Crippen molar-refractivity contribution in [1.82, 2.24) is 0 Å². The molecule has 0 heterocycles. The van der Waals surface area contributed by atoms with Crippen LogP contribution >= 0.6 is 0 Å². The second-order valence-electron chi connectivity index (χ2n) is 16.1. The molecular formula is C41H64O5Si2. The molecule has 5 nitrogen and oxygen atoms in total. The van der Waals surface area contributed by atoms with Gasteiger partial charge < -0.3 is 18.3 Å². The average Bonchev–Trinajstić information content (AvgIpc) is 2.98. The van der Waals surface area contributed by atoms with Gasteiger partial charge in [-0.05, 0) is 106 Å². The van der Waals surface area contributed by atoms with Crippen LogP contribution in [-0.4, -0.2) is 36.3 Å². The zero-order valence-corrected chi connectivity index (χ0v) is 34.3. The first kappa shape index (κ1) is 41.3. The van der Waals surface area contributed by atoms with Crippen LogP contribution in [0.3, 0.4) is 0 Å². The van der Waals surface area contributed by atoms with Crippen molar-refractivity contribution in [3.8, 4) is 11.5 Å². The van der Waals surface area contributed by atoms with E-state index in [1.54, 1.807) is 0 Å². The minimum atomic E-state index is -2.09. The third-order valence-electron chi connectivity index (χ3n) is 9.78. The fourth-order valence-electron chi connectivity index (χ4n) is 4.49. The highest BCUT2D eigenvalue weighted by Crippen LogP contribution is 2.41. The number of rotatable bonds is 17. The van der Waals surface area contributed by atoms with Crippen molar-refractivity contribution in [3.63, 3.8) is 0 Å². The smallest absolute Gasteiger partial charge is 0.333 e. The third-order valence-corrected chi connectivity index (χ3v) is 18.5. The minimum absolute atomic E-state index is 0.0580. The molecule has 0 aromatic heterocycles. The number of carbonyl (C=O) groups excluding carboxylic acids is 1. The molecule has 0 N–H and O–H groups in total. The normalized spacial score (nSPS) is 13.8. The van der Waals surface area contributed by atoms with Crippen LogP contribution in [0, 0.1) is 0 Å². The van der Waals surface area contributed by atoms with Gasteiger partial charge in [0.25, 0.3) is 0 Å². The summed E-state index contributed by atoms with van der Waals surface area (Å²) < 4.78 is 24.5. The first-order valence-corrected chi connectivity index (χ1v) is 23.3. The molecule has 2 aromatic carbocycles. The maximum atomic E-state index is 12.9. The molecule has 0 atom stereocenters. The number of hydrogen-bond donors (Lipinski definition) is 0. The average molecular weight is 693 g/mol. The predicted octanol–water partition coefficient (Wildman–Crippen LogP) is 11.8. The maximum Gasteiger partial charge on any atom is 0.333 e. The molecule has 2 rings (SSSR count). The molecule has 266 valence electrons. The quantitative estimate of drug-likeness (QED) is 0.0715. The van der Waals surface area contributed by atoms with Crippen molar-refractivity contribution in [2.24, 2.45) is 0 Å². The molecule has 0 radical (unpaired) electrons. The number of carbonyl (C=O) groups is 1. The molecule has 0 aliphatic rings. The molecule has 0 spiro atoms. The molecule has 2 aromatic rings. The van der Waals surface area contributed by atoms with Crippen LogP contribution in [0.4, 0.5) is 0 Å². The second-order valence-corrected chi connectivity index (χ2v) is 25.5. The summed E-state index contributed by atoms with van der Waals surface area (Å²) in [4.78, 5) is 12.9. The van der Waals surface area contributed by atoms with Gasteiger partial charge in [-0.2, -0.15) is 0 Å². The second kappa shape index (κ2) is 18.2. The summed E-state index contributed by atoms with van der Waals surface area (Å²) in [5.74, 6) is 1.45. The number of hydrogen-bond acceptors (Lipinski definition) is 5. The summed E-state index contributed by atoms with van der Waals surface area (Å²) in [6.07, 6.45) is 10.4. The molecule has 0 unspecified atom stereocenters. The Kier molecular flexibility index (Phi) is 15.7. The highest BCUT2D eigenvalue weighted by Gasteiger charge is 2.40. The Hall–Kier alpha value is -2.88. The summed E-state index contributed by atoms with van der Waals surface area (Å²) in [7, 11) is -2.67. The van der Waals surface area contributed by atoms with Crippen molar-refractivity contribution >= 4 is 22.6 Å². The first-order valence-electron chi connectivity index (χ1n) is 17.5. The van der Waals surface area contributed by atoms with Crippen molar-refractivity contribution in [3.05, 3.63) is 94.6 Å². The summed E-state index contributed by atoms with van der Waals surface area (Å²) in [6.45, 7) is 28.1. The Morgan fingerprint density at radius 1 is 0.750 bits per heavy atom. The van der Waals surface area contributed by atoms with E-state index in [9.17, 15) is 4.79 Å². The van der Waals surface area contributed by atoms with Gasteiger partial charge in [-0.1, -0.05) is 101 Å². The summed E-state index contributed by atoms with van der Waals surface area (Å²) >= 11 is 0. The standard InChI is InChI=1S/C41H64O5Si2/c1-32(19-17-21-33(2)30-44-31-34-22-15-14-16-23-34)20-18-24-35(39(42)43-9)25-26-36-29-37(45-47(10,11)40(3,4)5)27-28-38(36)46-48(12,13)41(6,7)8/h14-16,20-23,25,27-29H,17-19,24,26,30-31H2,1-13H3/b32-20+,33-21+,35-25?. The molecule has 0 saturated carbocycles. The van der Waals surface area contributed by atoms with Crippen molar-refractivity contribution < 1.29 is 23.1 Å². The minimum Gasteiger partial charge on any atom is -0.543 e. The molecule has 0 amide bonds. The number of allylic oxidation sites excluding steroid dienone is 4. The third kappa shape index (κ3) is 13.6. The lowest BCUT2D eigenvalue weighted by Gasteiger charge is -2.38. The van der Waals surface area contributed by atoms with E-state index in [4.69, 9.17) is 18.3 Å². The highest BCUT2D eigenvalue weighted by atomic mass is 28.4. The van der Waals surface area contributed by atoms with Crippen LogP contribution in [-0.2, 0) is 27.3 Å². The topological polar surface area (TPSA) is 54.0 Å². The van der Waals surface area contributed by atoms with Crippen LogP contribution in [0.5, 0.6) is 11.5 Å². The molecule has 48 heavy (non-hydrogen) atoms. The van der Waals surface area contributed by atoms with Gasteiger partial charge in [0.05, 0.1) is 20.3 Å². The van der Waals surface area contributed by atoms with Crippen LogP contribution in [0.25, 0.3) is 0 Å². The van der Waals surface area contributed by atoms with Gasteiger partial charge in [-0.15, -0.1) is 0 Å². The molecule has 0 bridgehead atoms. The van der Waals surface area contributed by atoms with Crippen LogP contribution in [0.2, 0.25) is 36.3 Å². The van der Waals surface area contributed by atoms with Gasteiger partial charge in [0, 0.05) is 11.1 Å². The summed E-state index contributed by atoms with van der Waals surface area (Å²) in [5, 5.41) is 0.140. The Labute approximate surface area is 295 Å². The molecule has 7 heteroatoms. The Balaban J connectivity index is 2.14. The van der Waals surface area contributed by atoms with Crippen molar-refractivity contribution in [1.29, 1.82) is 0 Å². The van der Waals surface area contributed by atoms with Gasteiger partial charge in [0.2, 0.25) is 16.6 Å². The zero-order chi connectivity index (χ0) is 36.2. The molecule has 0 aliphatic heterocycles. The van der Waals surface area contributed by atoms with Crippen molar-refractivity contribution in [2.75, 3.05) is 13.7 Å². The van der Waals surface area contributed by atoms with Gasteiger partial charge in [-0.25, -0.2) is 4.79 Å². The van der Waals surface area contributed by atoms with Gasteiger partial charge in [0.1, 0.15) is 11.5 Å². The maximum absolute atomic E-state index is 12.9. The number of methoxy groups -OCH3 is 1. The monoisotopic (exact) mass is 692 g/mol.